The average molecular weight is 356 g/mol. The van der Waals surface area contributed by atoms with E-state index < -0.39 is 0 Å². The zero-order valence-corrected chi connectivity index (χ0v) is 14.6. The van der Waals surface area contributed by atoms with E-state index in [1.54, 1.807) is 0 Å². The number of hydrogen-bond acceptors (Lipinski definition) is 4. The zero-order chi connectivity index (χ0) is 17.4. The topological polar surface area (TPSA) is 62.3 Å². The summed E-state index contributed by atoms with van der Waals surface area (Å²) in [6.07, 6.45) is 0.787. The van der Waals surface area contributed by atoms with Gasteiger partial charge in [-0.1, -0.05) is 48.9 Å². The molecule has 2 aromatic carbocycles. The minimum absolute atomic E-state index is 0.177. The highest BCUT2D eigenvalue weighted by atomic mass is 35.5. The molecule has 3 aromatic rings. The van der Waals surface area contributed by atoms with Gasteiger partial charge in [-0.3, -0.25) is 0 Å². The zero-order valence-electron chi connectivity index (χ0n) is 13.8. The van der Waals surface area contributed by atoms with Crippen LogP contribution in [0.25, 0.3) is 11.3 Å². The molecule has 5 nitrogen and oxygen atoms in total. The molecule has 0 fully saturated rings. The van der Waals surface area contributed by atoms with Gasteiger partial charge >= 0.3 is 0 Å². The van der Waals surface area contributed by atoms with Crippen molar-refractivity contribution in [2.45, 2.75) is 19.9 Å². The van der Waals surface area contributed by atoms with E-state index in [9.17, 15) is 0 Å². The Bertz CT molecular complexity index is 922. The molecule has 0 bridgehead atoms. The predicted molar refractivity (Wildman–Crippen MR) is 98.1 cm³/mol. The molecule has 25 heavy (non-hydrogen) atoms. The number of aryl methyl sites for hydroxylation is 1. The maximum atomic E-state index is 6.44. The lowest BCUT2D eigenvalue weighted by Crippen LogP contribution is -2.07. The Morgan fingerprint density at radius 3 is 2.76 bits per heavy atom. The Morgan fingerprint density at radius 1 is 1.20 bits per heavy atom. The average Bonchev–Trinajstić information content (AvgIpc) is 3.22. The van der Waals surface area contributed by atoms with Crippen molar-refractivity contribution in [1.29, 1.82) is 0 Å². The van der Waals surface area contributed by atoms with Crippen LogP contribution < -0.4 is 15.2 Å². The van der Waals surface area contributed by atoms with Gasteiger partial charge in [0.15, 0.2) is 11.5 Å². The van der Waals surface area contributed by atoms with E-state index in [0.717, 1.165) is 17.8 Å². The molecule has 1 aliphatic heterocycles. The first-order chi connectivity index (χ1) is 12.2. The number of nitrogens with zero attached hydrogens (tertiary/aromatic N) is 2. The first-order valence-electron chi connectivity index (χ1n) is 8.15. The third-order valence-electron chi connectivity index (χ3n) is 4.29. The number of imidazole rings is 1. The molecular weight excluding hydrogens is 338 g/mol. The molecule has 4 rings (SSSR count). The lowest BCUT2D eigenvalue weighted by molar-refractivity contribution is 0.174. The van der Waals surface area contributed by atoms with Crippen molar-refractivity contribution in [2.24, 2.45) is 0 Å². The molecule has 0 radical (unpaired) electrons. The Labute approximate surface area is 151 Å². The van der Waals surface area contributed by atoms with E-state index in [4.69, 9.17) is 31.8 Å². The normalized spacial score (nSPS) is 12.6. The van der Waals surface area contributed by atoms with Crippen LogP contribution in [0.2, 0.25) is 5.02 Å². The number of nitrogens with two attached hydrogens (primary N) is 1. The monoisotopic (exact) mass is 355 g/mol. The second-order valence-electron chi connectivity index (χ2n) is 5.88. The summed E-state index contributed by atoms with van der Waals surface area (Å²) in [7, 11) is 0. The van der Waals surface area contributed by atoms with Gasteiger partial charge in [0.2, 0.25) is 6.79 Å². The molecule has 1 aliphatic rings. The van der Waals surface area contributed by atoms with Crippen LogP contribution in [0, 0.1) is 0 Å². The van der Waals surface area contributed by atoms with Crippen molar-refractivity contribution in [3.8, 4) is 22.8 Å². The van der Waals surface area contributed by atoms with E-state index in [2.05, 4.69) is 19.1 Å². The molecule has 0 saturated heterocycles. The number of rotatable bonds is 4. The number of ether oxygens (including phenoxy) is 2. The molecule has 0 aliphatic carbocycles. The summed E-state index contributed by atoms with van der Waals surface area (Å²) < 4.78 is 12.9. The van der Waals surface area contributed by atoms with Crippen molar-refractivity contribution in [3.63, 3.8) is 0 Å². The fourth-order valence-corrected chi connectivity index (χ4v) is 3.31. The van der Waals surface area contributed by atoms with Crippen LogP contribution in [0.4, 0.5) is 5.82 Å². The largest absolute Gasteiger partial charge is 0.454 e. The van der Waals surface area contributed by atoms with Gasteiger partial charge < -0.3 is 19.8 Å². The Morgan fingerprint density at radius 2 is 2.00 bits per heavy atom. The highest BCUT2D eigenvalue weighted by Crippen LogP contribution is 2.43. The van der Waals surface area contributed by atoms with Crippen LogP contribution in [0.3, 0.4) is 0 Å². The fourth-order valence-electron chi connectivity index (χ4n) is 3.04. The van der Waals surface area contributed by atoms with Crippen LogP contribution >= 0.6 is 11.6 Å². The minimum atomic E-state index is 0.177. The quantitative estimate of drug-likeness (QED) is 0.764. The van der Waals surface area contributed by atoms with Crippen molar-refractivity contribution in [3.05, 3.63) is 58.9 Å². The summed E-state index contributed by atoms with van der Waals surface area (Å²) >= 11 is 6.31. The molecule has 0 unspecified atom stereocenters. The first kappa shape index (κ1) is 15.8. The van der Waals surface area contributed by atoms with E-state index in [-0.39, 0.29) is 6.79 Å². The van der Waals surface area contributed by atoms with Crippen molar-refractivity contribution in [1.82, 2.24) is 9.55 Å². The molecular formula is C19H18ClN3O2. The van der Waals surface area contributed by atoms with Gasteiger partial charge in [0.1, 0.15) is 17.3 Å². The van der Waals surface area contributed by atoms with Gasteiger partial charge in [0, 0.05) is 12.0 Å². The van der Waals surface area contributed by atoms with Crippen molar-refractivity contribution >= 4 is 17.4 Å². The SMILES string of the molecule is CCc1nc(-c2cc(Cl)c3c(c2)OCO3)c(N)n1Cc1ccccc1. The van der Waals surface area contributed by atoms with Gasteiger partial charge in [-0.25, -0.2) is 4.98 Å². The molecule has 0 atom stereocenters. The van der Waals surface area contributed by atoms with Crippen LogP contribution in [-0.2, 0) is 13.0 Å². The van der Waals surface area contributed by atoms with E-state index >= 15 is 0 Å². The van der Waals surface area contributed by atoms with E-state index in [1.165, 1.54) is 5.56 Å². The minimum Gasteiger partial charge on any atom is -0.454 e. The van der Waals surface area contributed by atoms with Gasteiger partial charge in [-0.05, 0) is 17.7 Å². The molecule has 0 amide bonds. The summed E-state index contributed by atoms with van der Waals surface area (Å²) in [5.74, 6) is 2.75. The van der Waals surface area contributed by atoms with Gasteiger partial charge in [-0.2, -0.15) is 0 Å². The van der Waals surface area contributed by atoms with E-state index in [1.807, 2.05) is 34.9 Å². The lowest BCUT2D eigenvalue weighted by atomic mass is 10.1. The molecule has 2 heterocycles. The molecule has 1 aromatic heterocycles. The fraction of sp³-hybridized carbons (Fsp3) is 0.211. The smallest absolute Gasteiger partial charge is 0.231 e. The lowest BCUT2D eigenvalue weighted by Gasteiger charge is -2.09. The number of nitrogen functional groups attached to an aromatic ring is 1. The molecule has 6 heteroatoms. The van der Waals surface area contributed by atoms with E-state index in [0.29, 0.717) is 34.6 Å². The van der Waals surface area contributed by atoms with Crippen molar-refractivity contribution in [2.75, 3.05) is 12.5 Å². The van der Waals surface area contributed by atoms with Crippen LogP contribution in [-0.4, -0.2) is 16.3 Å². The Balaban J connectivity index is 1.78. The molecule has 128 valence electrons. The summed E-state index contributed by atoms with van der Waals surface area (Å²) in [6, 6.07) is 13.9. The van der Waals surface area contributed by atoms with Gasteiger partial charge in [0.25, 0.3) is 0 Å². The third kappa shape index (κ3) is 2.81. The second-order valence-corrected chi connectivity index (χ2v) is 6.29. The summed E-state index contributed by atoms with van der Waals surface area (Å²) in [5.41, 5.74) is 9.16. The number of fused-ring (bicyclic) bond motifs is 1. The maximum Gasteiger partial charge on any atom is 0.231 e. The highest BCUT2D eigenvalue weighted by Gasteiger charge is 2.22. The van der Waals surface area contributed by atoms with Crippen LogP contribution in [0.15, 0.2) is 42.5 Å². The Kier molecular flexibility index (Phi) is 4.01. The number of anilines is 1. The first-order valence-corrected chi connectivity index (χ1v) is 8.53. The third-order valence-corrected chi connectivity index (χ3v) is 4.57. The van der Waals surface area contributed by atoms with Gasteiger partial charge in [-0.15, -0.1) is 0 Å². The second kappa shape index (κ2) is 6.33. The highest BCUT2D eigenvalue weighted by molar-refractivity contribution is 6.32. The number of aromatic nitrogens is 2. The predicted octanol–water partition coefficient (Wildman–Crippen LogP) is 4.13. The summed E-state index contributed by atoms with van der Waals surface area (Å²) in [5, 5.41) is 0.500. The van der Waals surface area contributed by atoms with Crippen LogP contribution in [0.5, 0.6) is 11.5 Å². The standard InChI is InChI=1S/C19H18ClN3O2/c1-2-16-22-17(13-8-14(20)18-15(9-13)24-11-25-18)19(21)23(16)10-12-6-4-3-5-7-12/h3-9H,2,10-11,21H2,1H3. The number of halogens is 1. The molecule has 2 N–H and O–H groups in total. The number of hydrogen-bond donors (Lipinski definition) is 1. The Hall–Kier alpha value is -2.66. The molecule has 0 spiro atoms. The van der Waals surface area contributed by atoms with Gasteiger partial charge in [0.05, 0.1) is 11.6 Å². The molecule has 0 saturated carbocycles. The van der Waals surface area contributed by atoms with Crippen LogP contribution in [0.1, 0.15) is 18.3 Å². The summed E-state index contributed by atoms with van der Waals surface area (Å²) in [4.78, 5) is 4.74. The van der Waals surface area contributed by atoms with Crippen molar-refractivity contribution < 1.29 is 9.47 Å². The number of benzene rings is 2. The maximum absolute atomic E-state index is 6.44. The summed E-state index contributed by atoms with van der Waals surface area (Å²) in [6.45, 7) is 2.93.